The third-order valence-electron chi connectivity index (χ3n) is 4.43. The van der Waals surface area contributed by atoms with Gasteiger partial charge in [-0.2, -0.15) is 0 Å². The molecule has 0 saturated heterocycles. The SMILES string of the molecule is CC(=O)Nc1ccc(NC(=O)CN(c2ccc(C)cc2)S(=O)(=O)c2ccccc2)cc1. The van der Waals surface area contributed by atoms with Gasteiger partial charge in [0.05, 0.1) is 10.6 Å². The molecular weight excluding hydrogens is 414 g/mol. The van der Waals surface area contributed by atoms with Gasteiger partial charge in [-0.05, 0) is 55.5 Å². The van der Waals surface area contributed by atoms with Crippen LogP contribution in [0.5, 0.6) is 0 Å². The van der Waals surface area contributed by atoms with Crippen LogP contribution in [0.2, 0.25) is 0 Å². The van der Waals surface area contributed by atoms with E-state index in [0.29, 0.717) is 17.1 Å². The van der Waals surface area contributed by atoms with Crippen molar-refractivity contribution in [3.05, 3.63) is 84.4 Å². The predicted octanol–water partition coefficient (Wildman–Crippen LogP) is 3.79. The zero-order chi connectivity index (χ0) is 22.4. The highest BCUT2D eigenvalue weighted by molar-refractivity contribution is 7.92. The summed E-state index contributed by atoms with van der Waals surface area (Å²) in [4.78, 5) is 23.9. The molecule has 2 amide bonds. The van der Waals surface area contributed by atoms with E-state index < -0.39 is 22.5 Å². The number of nitrogens with zero attached hydrogens (tertiary/aromatic N) is 1. The molecule has 0 radical (unpaired) electrons. The van der Waals surface area contributed by atoms with Crippen molar-refractivity contribution >= 4 is 38.9 Å². The minimum absolute atomic E-state index is 0.100. The standard InChI is InChI=1S/C23H23N3O4S/c1-17-8-14-21(15-9-17)26(31(29,30)22-6-4-3-5-7-22)16-23(28)25-20-12-10-19(11-13-20)24-18(2)27/h3-15H,16H2,1-2H3,(H,24,27)(H,25,28). The van der Waals surface area contributed by atoms with E-state index in [1.807, 2.05) is 6.92 Å². The number of rotatable bonds is 7. The van der Waals surface area contributed by atoms with Gasteiger partial charge in [0.1, 0.15) is 6.54 Å². The third kappa shape index (κ3) is 5.70. The van der Waals surface area contributed by atoms with E-state index in [9.17, 15) is 18.0 Å². The van der Waals surface area contributed by atoms with Gasteiger partial charge in [-0.3, -0.25) is 13.9 Å². The van der Waals surface area contributed by atoms with Gasteiger partial charge < -0.3 is 10.6 Å². The summed E-state index contributed by atoms with van der Waals surface area (Å²) in [6.45, 7) is 2.91. The van der Waals surface area contributed by atoms with Crippen LogP contribution in [0, 0.1) is 6.92 Å². The van der Waals surface area contributed by atoms with E-state index in [1.54, 1.807) is 66.7 Å². The molecule has 31 heavy (non-hydrogen) atoms. The maximum atomic E-state index is 13.3. The van der Waals surface area contributed by atoms with Crippen LogP contribution in [0.15, 0.2) is 83.8 Å². The monoisotopic (exact) mass is 437 g/mol. The van der Waals surface area contributed by atoms with Crippen molar-refractivity contribution in [2.24, 2.45) is 0 Å². The molecule has 0 saturated carbocycles. The molecule has 0 spiro atoms. The minimum atomic E-state index is -3.95. The van der Waals surface area contributed by atoms with Crippen LogP contribution in [-0.2, 0) is 19.6 Å². The Labute approximate surface area is 181 Å². The molecule has 0 heterocycles. The first-order chi connectivity index (χ1) is 14.8. The fourth-order valence-electron chi connectivity index (χ4n) is 2.92. The summed E-state index contributed by atoms with van der Waals surface area (Å²) in [5.74, 6) is -0.691. The highest BCUT2D eigenvalue weighted by atomic mass is 32.2. The molecule has 160 valence electrons. The number of anilines is 3. The number of carbonyl (C=O) groups is 2. The first kappa shape index (κ1) is 22.0. The van der Waals surface area contributed by atoms with Crippen LogP contribution in [0.1, 0.15) is 12.5 Å². The summed E-state index contributed by atoms with van der Waals surface area (Å²) >= 11 is 0. The summed E-state index contributed by atoms with van der Waals surface area (Å²) in [5, 5.41) is 5.34. The van der Waals surface area contributed by atoms with Gasteiger partial charge in [0.2, 0.25) is 11.8 Å². The zero-order valence-corrected chi connectivity index (χ0v) is 18.0. The fourth-order valence-corrected chi connectivity index (χ4v) is 4.36. The molecule has 0 aromatic heterocycles. The average molecular weight is 438 g/mol. The predicted molar refractivity (Wildman–Crippen MR) is 122 cm³/mol. The summed E-state index contributed by atoms with van der Waals surface area (Å²) in [6.07, 6.45) is 0. The smallest absolute Gasteiger partial charge is 0.264 e. The highest BCUT2D eigenvalue weighted by Gasteiger charge is 2.27. The molecule has 2 N–H and O–H groups in total. The Bertz CT molecular complexity index is 1160. The number of hydrogen-bond acceptors (Lipinski definition) is 4. The van der Waals surface area contributed by atoms with Crippen molar-refractivity contribution in [3.63, 3.8) is 0 Å². The van der Waals surface area contributed by atoms with Gasteiger partial charge in [0, 0.05) is 18.3 Å². The second-order valence-electron chi connectivity index (χ2n) is 6.97. The zero-order valence-electron chi connectivity index (χ0n) is 17.2. The van der Waals surface area contributed by atoms with Crippen molar-refractivity contribution in [2.45, 2.75) is 18.7 Å². The Morgan fingerprint density at radius 1 is 0.806 bits per heavy atom. The summed E-state index contributed by atoms with van der Waals surface area (Å²) < 4.78 is 27.6. The van der Waals surface area contributed by atoms with E-state index in [1.165, 1.54) is 19.1 Å². The van der Waals surface area contributed by atoms with E-state index in [0.717, 1.165) is 9.87 Å². The number of carbonyl (C=O) groups excluding carboxylic acids is 2. The summed E-state index contributed by atoms with van der Waals surface area (Å²) in [7, 11) is -3.95. The van der Waals surface area contributed by atoms with Crippen LogP contribution in [0.25, 0.3) is 0 Å². The number of hydrogen-bond donors (Lipinski definition) is 2. The number of amides is 2. The van der Waals surface area contributed by atoms with E-state index >= 15 is 0 Å². The number of aryl methyl sites for hydroxylation is 1. The molecule has 3 aromatic rings. The molecule has 8 heteroatoms. The van der Waals surface area contributed by atoms with Crippen molar-refractivity contribution < 1.29 is 18.0 Å². The van der Waals surface area contributed by atoms with Crippen molar-refractivity contribution in [1.82, 2.24) is 0 Å². The largest absolute Gasteiger partial charge is 0.326 e. The molecule has 0 aliphatic heterocycles. The van der Waals surface area contributed by atoms with Crippen molar-refractivity contribution in [2.75, 3.05) is 21.5 Å². The van der Waals surface area contributed by atoms with Gasteiger partial charge in [-0.25, -0.2) is 8.42 Å². The lowest BCUT2D eigenvalue weighted by atomic mass is 10.2. The topological polar surface area (TPSA) is 95.6 Å². The van der Waals surface area contributed by atoms with Crippen LogP contribution < -0.4 is 14.9 Å². The molecule has 0 atom stereocenters. The molecule has 3 aromatic carbocycles. The second-order valence-corrected chi connectivity index (χ2v) is 8.83. The van der Waals surface area contributed by atoms with E-state index in [-0.39, 0.29) is 10.8 Å². The maximum Gasteiger partial charge on any atom is 0.264 e. The Morgan fingerprint density at radius 2 is 1.35 bits per heavy atom. The maximum absolute atomic E-state index is 13.3. The molecule has 0 aliphatic carbocycles. The molecule has 0 unspecified atom stereocenters. The van der Waals surface area contributed by atoms with Crippen molar-refractivity contribution in [3.8, 4) is 0 Å². The van der Waals surface area contributed by atoms with Gasteiger partial charge in [-0.15, -0.1) is 0 Å². The van der Waals surface area contributed by atoms with Crippen LogP contribution in [-0.4, -0.2) is 26.8 Å². The van der Waals surface area contributed by atoms with Gasteiger partial charge in [-0.1, -0.05) is 35.9 Å². The normalized spacial score (nSPS) is 10.9. The number of nitrogens with one attached hydrogen (secondary N) is 2. The molecule has 7 nitrogen and oxygen atoms in total. The quantitative estimate of drug-likeness (QED) is 0.588. The van der Waals surface area contributed by atoms with Crippen molar-refractivity contribution in [1.29, 1.82) is 0 Å². The van der Waals surface area contributed by atoms with Crippen LogP contribution in [0.4, 0.5) is 17.1 Å². The summed E-state index contributed by atoms with van der Waals surface area (Å²) in [6, 6.07) is 21.5. The van der Waals surface area contributed by atoms with Gasteiger partial charge in [0.25, 0.3) is 10.0 Å². The van der Waals surface area contributed by atoms with E-state index in [2.05, 4.69) is 10.6 Å². The highest BCUT2D eigenvalue weighted by Crippen LogP contribution is 2.24. The number of benzene rings is 3. The Morgan fingerprint density at radius 3 is 1.90 bits per heavy atom. The average Bonchev–Trinajstić information content (AvgIpc) is 2.74. The first-order valence-corrected chi connectivity index (χ1v) is 11.0. The summed E-state index contributed by atoms with van der Waals surface area (Å²) in [5.41, 5.74) is 2.45. The number of sulfonamides is 1. The Hall–Kier alpha value is -3.65. The molecule has 0 aliphatic rings. The lowest BCUT2D eigenvalue weighted by Crippen LogP contribution is -2.38. The van der Waals surface area contributed by atoms with Crippen LogP contribution >= 0.6 is 0 Å². The fraction of sp³-hybridized carbons (Fsp3) is 0.130. The molecule has 0 bridgehead atoms. The Kier molecular flexibility index (Phi) is 6.71. The van der Waals surface area contributed by atoms with Gasteiger partial charge in [0.15, 0.2) is 0 Å². The second kappa shape index (κ2) is 9.44. The van der Waals surface area contributed by atoms with Gasteiger partial charge >= 0.3 is 0 Å². The van der Waals surface area contributed by atoms with E-state index in [4.69, 9.17) is 0 Å². The molecular formula is C23H23N3O4S. The lowest BCUT2D eigenvalue weighted by molar-refractivity contribution is -0.115. The Balaban J connectivity index is 1.84. The third-order valence-corrected chi connectivity index (χ3v) is 6.22. The van der Waals surface area contributed by atoms with Crippen LogP contribution in [0.3, 0.4) is 0 Å². The lowest BCUT2D eigenvalue weighted by Gasteiger charge is -2.24. The first-order valence-electron chi connectivity index (χ1n) is 9.58. The molecule has 3 rings (SSSR count). The molecule has 0 fully saturated rings. The minimum Gasteiger partial charge on any atom is -0.326 e.